The fraction of sp³-hybridized carbons (Fsp3) is 0.684. The maximum absolute atomic E-state index is 12.1. The summed E-state index contributed by atoms with van der Waals surface area (Å²) in [6.45, 7) is 10.5. The highest BCUT2D eigenvalue weighted by molar-refractivity contribution is 5.68. The molecule has 1 aliphatic heterocycles. The Labute approximate surface area is 146 Å². The first-order valence-corrected chi connectivity index (χ1v) is 8.85. The van der Waals surface area contributed by atoms with Gasteiger partial charge in [0.15, 0.2) is 0 Å². The molecule has 0 spiro atoms. The summed E-state index contributed by atoms with van der Waals surface area (Å²) in [5.41, 5.74) is 0.679. The van der Waals surface area contributed by atoms with Crippen molar-refractivity contribution in [1.82, 2.24) is 14.8 Å². The van der Waals surface area contributed by atoms with Crippen LogP contribution in [0.25, 0.3) is 0 Å². The number of likely N-dealkylation sites (tertiary alicyclic amines) is 1. The molecular weight excluding hydrogens is 302 g/mol. The van der Waals surface area contributed by atoms with Gasteiger partial charge in [0, 0.05) is 31.9 Å². The third-order valence-electron chi connectivity index (χ3n) is 4.59. The molecule has 1 saturated heterocycles. The number of rotatable bonds is 4. The van der Waals surface area contributed by atoms with E-state index < -0.39 is 5.60 Å². The Hall–Kier alpha value is -1.62. The average Bonchev–Trinajstić information content (AvgIpc) is 2.54. The first-order chi connectivity index (χ1) is 11.3. The Morgan fingerprint density at radius 3 is 2.58 bits per heavy atom. The predicted molar refractivity (Wildman–Crippen MR) is 95.8 cm³/mol. The standard InChI is InChI=1S/C19H31N3O2/c1-15(17-8-6-7-11-20-17)21(5)14-16-9-12-22(13-10-16)18(23)24-19(2,3)4/h6-8,11,15-16H,9-10,12-14H2,1-5H3/t15-/m1/s1. The lowest BCUT2D eigenvalue weighted by atomic mass is 9.96. The van der Waals surface area contributed by atoms with Crippen LogP contribution in [0.1, 0.15) is 52.3 Å². The molecule has 5 nitrogen and oxygen atoms in total. The predicted octanol–water partition coefficient (Wildman–Crippen LogP) is 3.72. The van der Waals surface area contributed by atoms with E-state index >= 15 is 0 Å². The molecule has 0 aliphatic carbocycles. The molecule has 5 heteroatoms. The van der Waals surface area contributed by atoms with Crippen molar-refractivity contribution < 1.29 is 9.53 Å². The van der Waals surface area contributed by atoms with Crippen LogP contribution in [0.4, 0.5) is 4.79 Å². The minimum Gasteiger partial charge on any atom is -0.444 e. The SMILES string of the molecule is C[C@H](c1ccccn1)N(C)CC1CCN(C(=O)OC(C)(C)C)CC1. The third kappa shape index (κ3) is 5.48. The van der Waals surface area contributed by atoms with Crippen molar-refractivity contribution in [3.63, 3.8) is 0 Å². The number of hydrogen-bond acceptors (Lipinski definition) is 4. The van der Waals surface area contributed by atoms with Crippen molar-refractivity contribution in [2.45, 2.75) is 52.2 Å². The summed E-state index contributed by atoms with van der Waals surface area (Å²) in [7, 11) is 2.15. The third-order valence-corrected chi connectivity index (χ3v) is 4.59. The van der Waals surface area contributed by atoms with E-state index in [1.807, 2.05) is 44.0 Å². The summed E-state index contributed by atoms with van der Waals surface area (Å²) in [5.74, 6) is 0.611. The quantitative estimate of drug-likeness (QED) is 0.842. The number of amides is 1. The van der Waals surface area contributed by atoms with Gasteiger partial charge in [0.25, 0.3) is 0 Å². The lowest BCUT2D eigenvalue weighted by Crippen LogP contribution is -2.43. The van der Waals surface area contributed by atoms with Gasteiger partial charge in [0.1, 0.15) is 5.60 Å². The molecule has 0 unspecified atom stereocenters. The maximum Gasteiger partial charge on any atom is 0.410 e. The molecule has 24 heavy (non-hydrogen) atoms. The number of aromatic nitrogens is 1. The number of piperidine rings is 1. The molecular formula is C19H31N3O2. The molecule has 2 rings (SSSR count). The van der Waals surface area contributed by atoms with Crippen LogP contribution in [0.5, 0.6) is 0 Å². The second kappa shape index (κ2) is 7.97. The summed E-state index contributed by atoms with van der Waals surface area (Å²) in [6.07, 6.45) is 3.71. The molecule has 1 atom stereocenters. The molecule has 0 bridgehead atoms. The topological polar surface area (TPSA) is 45.7 Å². The van der Waals surface area contributed by atoms with Gasteiger partial charge in [-0.1, -0.05) is 6.07 Å². The smallest absolute Gasteiger partial charge is 0.410 e. The normalized spacial score (nSPS) is 17.8. The van der Waals surface area contributed by atoms with E-state index in [1.54, 1.807) is 0 Å². The van der Waals surface area contributed by atoms with Crippen molar-refractivity contribution in [1.29, 1.82) is 0 Å². The summed E-state index contributed by atoms with van der Waals surface area (Å²) in [4.78, 5) is 20.8. The molecule has 0 aromatic carbocycles. The monoisotopic (exact) mass is 333 g/mol. The Kier molecular flexibility index (Phi) is 6.21. The Morgan fingerprint density at radius 2 is 2.04 bits per heavy atom. The fourth-order valence-electron chi connectivity index (χ4n) is 3.04. The molecule has 1 aliphatic rings. The van der Waals surface area contributed by atoms with Crippen LogP contribution in [0.15, 0.2) is 24.4 Å². The fourth-order valence-corrected chi connectivity index (χ4v) is 3.04. The zero-order valence-electron chi connectivity index (χ0n) is 15.7. The number of carbonyl (C=O) groups excluding carboxylic acids is 1. The van der Waals surface area contributed by atoms with Crippen molar-refractivity contribution in [3.8, 4) is 0 Å². The molecule has 2 heterocycles. The van der Waals surface area contributed by atoms with Gasteiger partial charge in [-0.2, -0.15) is 0 Å². The van der Waals surface area contributed by atoms with Gasteiger partial charge < -0.3 is 9.64 Å². The number of hydrogen-bond donors (Lipinski definition) is 0. The van der Waals surface area contributed by atoms with Crippen molar-refractivity contribution in [2.24, 2.45) is 5.92 Å². The number of carbonyl (C=O) groups is 1. The molecule has 1 aromatic rings. The zero-order chi connectivity index (χ0) is 17.7. The largest absolute Gasteiger partial charge is 0.444 e. The summed E-state index contributed by atoms with van der Waals surface area (Å²) in [5, 5.41) is 0. The maximum atomic E-state index is 12.1. The summed E-state index contributed by atoms with van der Waals surface area (Å²) >= 11 is 0. The van der Waals surface area contributed by atoms with Crippen LogP contribution >= 0.6 is 0 Å². The van der Waals surface area contributed by atoms with Gasteiger partial charge in [0.05, 0.1) is 5.69 Å². The first-order valence-electron chi connectivity index (χ1n) is 8.85. The van der Waals surface area contributed by atoms with Crippen molar-refractivity contribution in [2.75, 3.05) is 26.7 Å². The van der Waals surface area contributed by atoms with E-state index in [1.165, 1.54) is 0 Å². The minimum atomic E-state index is -0.424. The molecule has 0 radical (unpaired) electrons. The molecule has 134 valence electrons. The van der Waals surface area contributed by atoms with Crippen LogP contribution in [0.3, 0.4) is 0 Å². The van der Waals surface area contributed by atoms with E-state index in [9.17, 15) is 4.79 Å². The molecule has 0 saturated carbocycles. The highest BCUT2D eigenvalue weighted by Crippen LogP contribution is 2.23. The van der Waals surface area contributed by atoms with E-state index in [0.717, 1.165) is 38.2 Å². The molecule has 1 aromatic heterocycles. The van der Waals surface area contributed by atoms with Crippen molar-refractivity contribution >= 4 is 6.09 Å². The second-order valence-electron chi connectivity index (χ2n) is 7.78. The summed E-state index contributed by atoms with van der Waals surface area (Å²) < 4.78 is 5.46. The van der Waals surface area contributed by atoms with Crippen LogP contribution < -0.4 is 0 Å². The van der Waals surface area contributed by atoms with E-state index in [0.29, 0.717) is 12.0 Å². The highest BCUT2D eigenvalue weighted by Gasteiger charge is 2.28. The van der Waals surface area contributed by atoms with Gasteiger partial charge in [-0.05, 0) is 65.6 Å². The first kappa shape index (κ1) is 18.7. The number of pyridine rings is 1. The van der Waals surface area contributed by atoms with Gasteiger partial charge in [0.2, 0.25) is 0 Å². The Morgan fingerprint density at radius 1 is 1.38 bits per heavy atom. The van der Waals surface area contributed by atoms with Crippen LogP contribution in [-0.4, -0.2) is 53.2 Å². The Bertz CT molecular complexity index is 519. The number of ether oxygens (including phenoxy) is 1. The average molecular weight is 333 g/mol. The van der Waals surface area contributed by atoms with E-state index in [-0.39, 0.29) is 6.09 Å². The highest BCUT2D eigenvalue weighted by atomic mass is 16.6. The van der Waals surface area contributed by atoms with Gasteiger partial charge in [-0.15, -0.1) is 0 Å². The molecule has 1 fully saturated rings. The van der Waals surface area contributed by atoms with Gasteiger partial charge in [-0.3, -0.25) is 9.88 Å². The second-order valence-corrected chi connectivity index (χ2v) is 7.78. The van der Waals surface area contributed by atoms with Crippen molar-refractivity contribution in [3.05, 3.63) is 30.1 Å². The minimum absolute atomic E-state index is 0.184. The van der Waals surface area contributed by atoms with Crippen LogP contribution in [0.2, 0.25) is 0 Å². The number of nitrogens with zero attached hydrogens (tertiary/aromatic N) is 3. The van der Waals surface area contributed by atoms with Crippen LogP contribution in [-0.2, 0) is 4.74 Å². The van der Waals surface area contributed by atoms with Gasteiger partial charge >= 0.3 is 6.09 Å². The summed E-state index contributed by atoms with van der Waals surface area (Å²) in [6, 6.07) is 6.36. The zero-order valence-corrected chi connectivity index (χ0v) is 15.7. The van der Waals surface area contributed by atoms with E-state index in [2.05, 4.69) is 29.9 Å². The van der Waals surface area contributed by atoms with Crippen LogP contribution in [0, 0.1) is 5.92 Å². The lowest BCUT2D eigenvalue weighted by molar-refractivity contribution is 0.0168. The van der Waals surface area contributed by atoms with E-state index in [4.69, 9.17) is 4.74 Å². The lowest BCUT2D eigenvalue weighted by Gasteiger charge is -2.36. The Balaban J connectivity index is 1.79. The molecule has 0 N–H and O–H groups in total. The van der Waals surface area contributed by atoms with Gasteiger partial charge in [-0.25, -0.2) is 4.79 Å². The molecule has 1 amide bonds.